The summed E-state index contributed by atoms with van der Waals surface area (Å²) in [5.74, 6) is -1.53. The Hall–Kier alpha value is -2.16. The molecule has 0 bridgehead atoms. The van der Waals surface area contributed by atoms with Crippen LogP contribution in [-0.4, -0.2) is 54.7 Å². The number of ether oxygens (including phenoxy) is 1. The first kappa shape index (κ1) is 19.2. The number of esters is 1. The van der Waals surface area contributed by atoms with Crippen LogP contribution in [0.4, 0.5) is 5.13 Å². The molecule has 8 nitrogen and oxygen atoms in total. The van der Waals surface area contributed by atoms with Crippen LogP contribution in [0.5, 0.6) is 0 Å². The molecule has 0 aromatic carbocycles. The molecule has 25 heavy (non-hydrogen) atoms. The van der Waals surface area contributed by atoms with Crippen LogP contribution in [0.2, 0.25) is 0 Å². The maximum Gasteiger partial charge on any atom is 0.347 e. The first-order valence-electron chi connectivity index (χ1n) is 8.05. The van der Waals surface area contributed by atoms with E-state index in [1.165, 1.54) is 13.3 Å². The average Bonchev–Trinajstić information content (AvgIpc) is 3.09. The Labute approximate surface area is 150 Å². The Morgan fingerprint density at radius 3 is 2.56 bits per heavy atom. The Balaban J connectivity index is 1.83. The van der Waals surface area contributed by atoms with Crippen molar-refractivity contribution >= 4 is 34.3 Å². The van der Waals surface area contributed by atoms with Gasteiger partial charge in [-0.1, -0.05) is 11.3 Å². The molecular weight excluding hydrogens is 346 g/mol. The number of aromatic nitrogens is 1. The highest BCUT2D eigenvalue weighted by Crippen LogP contribution is 2.27. The highest BCUT2D eigenvalue weighted by atomic mass is 32.1. The van der Waals surface area contributed by atoms with Crippen molar-refractivity contribution in [3.63, 3.8) is 0 Å². The molecule has 1 aliphatic heterocycles. The van der Waals surface area contributed by atoms with Gasteiger partial charge in [-0.05, 0) is 26.7 Å². The summed E-state index contributed by atoms with van der Waals surface area (Å²) in [4.78, 5) is 41.2. The second-order valence-corrected chi connectivity index (χ2v) is 7.68. The Morgan fingerprint density at radius 2 is 2.04 bits per heavy atom. The zero-order chi connectivity index (χ0) is 18.6. The van der Waals surface area contributed by atoms with Crippen molar-refractivity contribution in [2.24, 2.45) is 11.3 Å². The van der Waals surface area contributed by atoms with E-state index in [-0.39, 0.29) is 29.2 Å². The second-order valence-electron chi connectivity index (χ2n) is 6.67. The second kappa shape index (κ2) is 7.81. The van der Waals surface area contributed by atoms with E-state index < -0.39 is 11.4 Å². The smallest absolute Gasteiger partial charge is 0.347 e. The van der Waals surface area contributed by atoms with Crippen molar-refractivity contribution in [3.05, 3.63) is 11.1 Å². The molecule has 1 amide bonds. The van der Waals surface area contributed by atoms with Gasteiger partial charge in [-0.3, -0.25) is 9.59 Å². The third-order valence-electron chi connectivity index (χ3n) is 4.28. The topological polar surface area (TPSA) is 109 Å². The minimum absolute atomic E-state index is 0.0676. The fourth-order valence-corrected chi connectivity index (χ4v) is 3.45. The Morgan fingerprint density at radius 1 is 1.40 bits per heavy atom. The highest BCUT2D eigenvalue weighted by Gasteiger charge is 2.31. The summed E-state index contributed by atoms with van der Waals surface area (Å²) >= 11 is 1.14. The number of carboxylic acid groups (broad SMARTS) is 1. The largest absolute Gasteiger partial charge is 0.477 e. The van der Waals surface area contributed by atoms with Crippen LogP contribution in [0.15, 0.2) is 6.20 Å². The van der Waals surface area contributed by atoms with Gasteiger partial charge in [-0.25, -0.2) is 9.78 Å². The number of aromatic carboxylic acids is 1. The molecule has 1 saturated heterocycles. The fraction of sp³-hybridized carbons (Fsp3) is 0.625. The van der Waals surface area contributed by atoms with Crippen LogP contribution < -0.4 is 10.2 Å². The predicted molar refractivity (Wildman–Crippen MR) is 92.8 cm³/mol. The van der Waals surface area contributed by atoms with E-state index in [1.54, 1.807) is 13.8 Å². The van der Waals surface area contributed by atoms with Gasteiger partial charge < -0.3 is 20.1 Å². The van der Waals surface area contributed by atoms with Crippen molar-refractivity contribution in [1.29, 1.82) is 0 Å². The predicted octanol–water partition coefficient (Wildman–Crippen LogP) is 1.37. The monoisotopic (exact) mass is 369 g/mol. The van der Waals surface area contributed by atoms with Gasteiger partial charge in [0.25, 0.3) is 0 Å². The summed E-state index contributed by atoms with van der Waals surface area (Å²) < 4.78 is 4.73. The summed E-state index contributed by atoms with van der Waals surface area (Å²) in [6, 6.07) is 0. The molecule has 0 aliphatic carbocycles. The summed E-state index contributed by atoms with van der Waals surface area (Å²) in [6.07, 6.45) is 2.68. The van der Waals surface area contributed by atoms with Crippen LogP contribution >= 0.6 is 11.3 Å². The SMILES string of the molecule is COC(=O)C(C)(C)CNC(=O)C1CCN(c2ncc(C(=O)O)s2)CC1. The van der Waals surface area contributed by atoms with Gasteiger partial charge in [0.05, 0.1) is 18.7 Å². The Kier molecular flexibility index (Phi) is 5.99. The molecule has 2 N–H and O–H groups in total. The molecule has 2 heterocycles. The van der Waals surface area contributed by atoms with Gasteiger partial charge >= 0.3 is 11.9 Å². The van der Waals surface area contributed by atoms with Gasteiger partial charge in [-0.2, -0.15) is 0 Å². The number of carboxylic acids is 1. The van der Waals surface area contributed by atoms with E-state index in [9.17, 15) is 14.4 Å². The van der Waals surface area contributed by atoms with Crippen LogP contribution in [0.1, 0.15) is 36.4 Å². The molecule has 1 fully saturated rings. The summed E-state index contributed by atoms with van der Waals surface area (Å²) in [7, 11) is 1.33. The zero-order valence-corrected chi connectivity index (χ0v) is 15.4. The number of nitrogens with zero attached hydrogens (tertiary/aromatic N) is 2. The first-order chi connectivity index (χ1) is 11.7. The lowest BCUT2D eigenvalue weighted by Gasteiger charge is -2.31. The average molecular weight is 369 g/mol. The quantitative estimate of drug-likeness (QED) is 0.729. The van der Waals surface area contributed by atoms with Gasteiger partial charge in [-0.15, -0.1) is 0 Å². The van der Waals surface area contributed by atoms with E-state index in [4.69, 9.17) is 9.84 Å². The number of nitrogens with one attached hydrogen (secondary N) is 1. The number of amides is 1. The highest BCUT2D eigenvalue weighted by molar-refractivity contribution is 7.17. The Bertz CT molecular complexity index is 650. The molecule has 2 rings (SSSR count). The van der Waals surface area contributed by atoms with E-state index in [2.05, 4.69) is 10.3 Å². The number of hydrogen-bond acceptors (Lipinski definition) is 7. The fourth-order valence-electron chi connectivity index (χ4n) is 2.64. The molecule has 9 heteroatoms. The third kappa shape index (κ3) is 4.68. The summed E-state index contributed by atoms with van der Waals surface area (Å²) in [6.45, 7) is 4.97. The number of hydrogen-bond donors (Lipinski definition) is 2. The van der Waals surface area contributed by atoms with Crippen molar-refractivity contribution in [2.45, 2.75) is 26.7 Å². The van der Waals surface area contributed by atoms with E-state index in [1.807, 2.05) is 4.90 Å². The van der Waals surface area contributed by atoms with Gasteiger partial charge in [0.15, 0.2) is 5.13 Å². The normalized spacial score (nSPS) is 15.7. The number of methoxy groups -OCH3 is 1. The van der Waals surface area contributed by atoms with Crippen molar-refractivity contribution in [1.82, 2.24) is 10.3 Å². The minimum Gasteiger partial charge on any atom is -0.477 e. The molecule has 138 valence electrons. The number of anilines is 1. The number of carbonyl (C=O) groups excluding carboxylic acids is 2. The first-order valence-corrected chi connectivity index (χ1v) is 8.86. The number of rotatable bonds is 6. The molecule has 0 radical (unpaired) electrons. The van der Waals surface area contributed by atoms with Crippen LogP contribution in [0.25, 0.3) is 0 Å². The lowest BCUT2D eigenvalue weighted by Crippen LogP contribution is -2.45. The zero-order valence-electron chi connectivity index (χ0n) is 14.6. The third-order valence-corrected chi connectivity index (χ3v) is 5.33. The lowest BCUT2D eigenvalue weighted by molar-refractivity contribution is -0.150. The molecular formula is C16H23N3O5S. The van der Waals surface area contributed by atoms with E-state index >= 15 is 0 Å². The summed E-state index contributed by atoms with van der Waals surface area (Å²) in [5, 5.41) is 12.5. The number of carbonyl (C=O) groups is 3. The van der Waals surface area contributed by atoms with E-state index in [0.717, 1.165) is 11.3 Å². The molecule has 0 unspecified atom stereocenters. The standard InChI is InChI=1S/C16H23N3O5S/c1-16(2,14(23)24-3)9-18-12(20)10-4-6-19(7-5-10)15-17-8-11(25-15)13(21)22/h8,10H,4-7,9H2,1-3H3,(H,18,20)(H,21,22). The van der Waals surface area contributed by atoms with Crippen LogP contribution in [-0.2, 0) is 14.3 Å². The van der Waals surface area contributed by atoms with Crippen LogP contribution in [0, 0.1) is 11.3 Å². The van der Waals surface area contributed by atoms with Gasteiger partial charge in [0, 0.05) is 25.6 Å². The van der Waals surface area contributed by atoms with E-state index in [0.29, 0.717) is 31.1 Å². The van der Waals surface area contributed by atoms with Crippen molar-refractivity contribution in [2.75, 3.05) is 31.6 Å². The molecule has 0 spiro atoms. The van der Waals surface area contributed by atoms with Gasteiger partial charge in [0.1, 0.15) is 4.88 Å². The van der Waals surface area contributed by atoms with Crippen molar-refractivity contribution < 1.29 is 24.2 Å². The molecule has 1 aliphatic rings. The summed E-state index contributed by atoms with van der Waals surface area (Å²) in [5.41, 5.74) is -0.765. The number of piperidine rings is 1. The maximum absolute atomic E-state index is 12.3. The molecule has 1 aromatic heterocycles. The van der Waals surface area contributed by atoms with Gasteiger partial charge in [0.2, 0.25) is 5.91 Å². The lowest BCUT2D eigenvalue weighted by atomic mass is 9.92. The molecule has 1 aromatic rings. The van der Waals surface area contributed by atoms with Crippen LogP contribution in [0.3, 0.4) is 0 Å². The molecule has 0 atom stereocenters. The van der Waals surface area contributed by atoms with Crippen molar-refractivity contribution in [3.8, 4) is 0 Å². The molecule has 0 saturated carbocycles. The minimum atomic E-state index is -0.980. The maximum atomic E-state index is 12.3. The number of thiazole rings is 1.